The summed E-state index contributed by atoms with van der Waals surface area (Å²) in [5.74, 6) is -0.394. The summed E-state index contributed by atoms with van der Waals surface area (Å²) in [4.78, 5) is 12.2. The fourth-order valence-corrected chi connectivity index (χ4v) is 2.16. The molecule has 0 aromatic carbocycles. The van der Waals surface area contributed by atoms with E-state index in [1.54, 1.807) is 4.68 Å². The van der Waals surface area contributed by atoms with Gasteiger partial charge < -0.3 is 11.1 Å². The molecule has 18 heavy (non-hydrogen) atoms. The lowest BCUT2D eigenvalue weighted by Gasteiger charge is -2.18. The number of nitrogens with zero attached hydrogens (tertiary/aromatic N) is 2. The van der Waals surface area contributed by atoms with E-state index in [0.29, 0.717) is 13.0 Å². The van der Waals surface area contributed by atoms with Gasteiger partial charge in [0.2, 0.25) is 5.91 Å². The van der Waals surface area contributed by atoms with Gasteiger partial charge in [-0.05, 0) is 12.0 Å². The molecule has 1 rings (SSSR count). The Kier molecular flexibility index (Phi) is 5.27. The minimum atomic E-state index is -0.399. The summed E-state index contributed by atoms with van der Waals surface area (Å²) in [6.07, 6.45) is 2.58. The maximum Gasteiger partial charge on any atom is 0.230 e. The zero-order chi connectivity index (χ0) is 13.7. The number of aryl methyl sites for hydroxylation is 1. The van der Waals surface area contributed by atoms with Crippen molar-refractivity contribution in [2.45, 2.75) is 20.3 Å². The van der Waals surface area contributed by atoms with Crippen LogP contribution >= 0.6 is 12.2 Å². The van der Waals surface area contributed by atoms with E-state index in [0.717, 1.165) is 5.69 Å². The Hall–Kier alpha value is -1.43. The van der Waals surface area contributed by atoms with Crippen molar-refractivity contribution in [2.24, 2.45) is 24.6 Å². The Morgan fingerprint density at radius 2 is 2.28 bits per heavy atom. The molecule has 0 saturated carbocycles. The molecule has 5 nitrogen and oxygen atoms in total. The first-order chi connectivity index (χ1) is 8.41. The third kappa shape index (κ3) is 4.10. The third-order valence-electron chi connectivity index (χ3n) is 2.70. The topological polar surface area (TPSA) is 72.9 Å². The van der Waals surface area contributed by atoms with Gasteiger partial charge in [-0.2, -0.15) is 5.10 Å². The second kappa shape index (κ2) is 6.49. The second-order valence-electron chi connectivity index (χ2n) is 4.65. The molecule has 1 aromatic rings. The van der Waals surface area contributed by atoms with Crippen molar-refractivity contribution in [3.05, 3.63) is 18.0 Å². The van der Waals surface area contributed by atoms with E-state index in [1.165, 1.54) is 0 Å². The Bertz CT molecular complexity index is 427. The van der Waals surface area contributed by atoms with Crippen molar-refractivity contribution in [1.29, 1.82) is 0 Å². The van der Waals surface area contributed by atoms with Crippen LogP contribution in [-0.2, 0) is 18.3 Å². The first-order valence-electron chi connectivity index (χ1n) is 5.97. The number of hydrogen-bond acceptors (Lipinski definition) is 3. The van der Waals surface area contributed by atoms with E-state index in [2.05, 4.69) is 10.4 Å². The number of carbonyl (C=O) groups is 1. The lowest BCUT2D eigenvalue weighted by molar-refractivity contribution is -0.123. The van der Waals surface area contributed by atoms with E-state index >= 15 is 0 Å². The number of rotatable bonds is 6. The lowest BCUT2D eigenvalue weighted by atomic mass is 9.95. The van der Waals surface area contributed by atoms with Crippen molar-refractivity contribution >= 4 is 23.1 Å². The predicted molar refractivity (Wildman–Crippen MR) is 75.0 cm³/mol. The molecular weight excluding hydrogens is 248 g/mol. The maximum atomic E-state index is 11.9. The standard InChI is InChI=1S/C12H20N4OS/c1-8(2)10(11(13)18)12(17)14-6-4-9-5-7-16(3)15-9/h5,7-8,10H,4,6H2,1-3H3,(H2,13,18)(H,14,17). The molecule has 1 atom stereocenters. The summed E-state index contributed by atoms with van der Waals surface area (Å²) < 4.78 is 1.74. The normalized spacial score (nSPS) is 12.4. The van der Waals surface area contributed by atoms with Crippen LogP contribution in [0, 0.1) is 11.8 Å². The summed E-state index contributed by atoms with van der Waals surface area (Å²) in [6.45, 7) is 4.41. The number of nitrogens with one attached hydrogen (secondary N) is 1. The van der Waals surface area contributed by atoms with Crippen LogP contribution in [0.5, 0.6) is 0 Å². The molecular formula is C12H20N4OS. The van der Waals surface area contributed by atoms with Crippen LogP contribution in [0.25, 0.3) is 0 Å². The molecule has 0 aliphatic heterocycles. The molecule has 1 amide bonds. The number of amides is 1. The molecule has 0 aliphatic rings. The molecule has 6 heteroatoms. The van der Waals surface area contributed by atoms with Gasteiger partial charge in [0.05, 0.1) is 16.6 Å². The van der Waals surface area contributed by atoms with Gasteiger partial charge >= 0.3 is 0 Å². The minimum absolute atomic E-state index is 0.103. The van der Waals surface area contributed by atoms with E-state index in [1.807, 2.05) is 33.2 Å². The molecule has 0 fully saturated rings. The average Bonchev–Trinajstić information content (AvgIpc) is 2.63. The van der Waals surface area contributed by atoms with E-state index in [9.17, 15) is 4.79 Å². The van der Waals surface area contributed by atoms with Gasteiger partial charge in [0.15, 0.2) is 0 Å². The number of hydrogen-bond donors (Lipinski definition) is 2. The zero-order valence-electron chi connectivity index (χ0n) is 11.0. The van der Waals surface area contributed by atoms with Crippen LogP contribution in [0.2, 0.25) is 0 Å². The number of thiocarbonyl (C=S) groups is 1. The van der Waals surface area contributed by atoms with E-state index in [-0.39, 0.29) is 16.8 Å². The van der Waals surface area contributed by atoms with Crippen molar-refractivity contribution < 1.29 is 4.79 Å². The van der Waals surface area contributed by atoms with Gasteiger partial charge in [0.25, 0.3) is 0 Å². The van der Waals surface area contributed by atoms with Crippen LogP contribution in [-0.4, -0.2) is 27.2 Å². The molecule has 100 valence electrons. The minimum Gasteiger partial charge on any atom is -0.393 e. The summed E-state index contributed by atoms with van der Waals surface area (Å²) >= 11 is 4.92. The lowest BCUT2D eigenvalue weighted by Crippen LogP contribution is -2.41. The second-order valence-corrected chi connectivity index (χ2v) is 5.12. The smallest absolute Gasteiger partial charge is 0.230 e. The van der Waals surface area contributed by atoms with Crippen molar-refractivity contribution in [3.8, 4) is 0 Å². The number of nitrogens with two attached hydrogens (primary N) is 1. The monoisotopic (exact) mass is 268 g/mol. The van der Waals surface area contributed by atoms with Crippen molar-refractivity contribution in [3.63, 3.8) is 0 Å². The summed E-state index contributed by atoms with van der Waals surface area (Å²) in [6, 6.07) is 1.93. The van der Waals surface area contributed by atoms with Gasteiger partial charge in [0, 0.05) is 26.2 Å². The van der Waals surface area contributed by atoms with Gasteiger partial charge in [-0.1, -0.05) is 26.1 Å². The highest BCUT2D eigenvalue weighted by atomic mass is 32.1. The summed E-state index contributed by atoms with van der Waals surface area (Å²) in [5.41, 5.74) is 6.53. The Labute approximate surface area is 113 Å². The molecule has 1 aromatic heterocycles. The fourth-order valence-electron chi connectivity index (χ4n) is 1.78. The third-order valence-corrected chi connectivity index (χ3v) is 2.96. The van der Waals surface area contributed by atoms with Gasteiger partial charge in [0.1, 0.15) is 0 Å². The first-order valence-corrected chi connectivity index (χ1v) is 6.38. The Balaban J connectivity index is 2.43. The molecule has 0 radical (unpaired) electrons. The van der Waals surface area contributed by atoms with Crippen molar-refractivity contribution in [2.75, 3.05) is 6.54 Å². The zero-order valence-corrected chi connectivity index (χ0v) is 11.8. The molecule has 1 unspecified atom stereocenters. The largest absolute Gasteiger partial charge is 0.393 e. The highest BCUT2D eigenvalue weighted by Gasteiger charge is 2.24. The molecule has 0 bridgehead atoms. The van der Waals surface area contributed by atoms with Gasteiger partial charge in [-0.25, -0.2) is 0 Å². The summed E-state index contributed by atoms with van der Waals surface area (Å²) in [5, 5.41) is 7.08. The molecule has 1 heterocycles. The first kappa shape index (κ1) is 14.6. The molecule has 0 spiro atoms. The molecule has 3 N–H and O–H groups in total. The van der Waals surface area contributed by atoms with Crippen LogP contribution < -0.4 is 11.1 Å². The quantitative estimate of drug-likeness (QED) is 0.743. The SMILES string of the molecule is CC(C)C(C(=O)NCCc1ccn(C)n1)C(N)=S. The predicted octanol–water partition coefficient (Wildman–Crippen LogP) is 0.637. The van der Waals surface area contributed by atoms with Gasteiger partial charge in [-0.3, -0.25) is 9.48 Å². The molecule has 0 aliphatic carbocycles. The van der Waals surface area contributed by atoms with Crippen LogP contribution in [0.4, 0.5) is 0 Å². The number of carbonyl (C=O) groups excluding carboxylic acids is 1. The van der Waals surface area contributed by atoms with Crippen LogP contribution in [0.15, 0.2) is 12.3 Å². The molecule has 0 saturated heterocycles. The fraction of sp³-hybridized carbons (Fsp3) is 0.583. The average molecular weight is 268 g/mol. The summed E-state index contributed by atoms with van der Waals surface area (Å²) in [7, 11) is 1.86. The Morgan fingerprint density at radius 3 is 2.72 bits per heavy atom. The maximum absolute atomic E-state index is 11.9. The van der Waals surface area contributed by atoms with Crippen LogP contribution in [0.3, 0.4) is 0 Å². The van der Waals surface area contributed by atoms with Crippen LogP contribution in [0.1, 0.15) is 19.5 Å². The van der Waals surface area contributed by atoms with Gasteiger partial charge in [-0.15, -0.1) is 0 Å². The highest BCUT2D eigenvalue weighted by molar-refractivity contribution is 7.80. The van der Waals surface area contributed by atoms with Crippen molar-refractivity contribution in [1.82, 2.24) is 15.1 Å². The van der Waals surface area contributed by atoms with E-state index in [4.69, 9.17) is 18.0 Å². The Morgan fingerprint density at radius 1 is 1.61 bits per heavy atom. The van der Waals surface area contributed by atoms with E-state index < -0.39 is 5.92 Å². The number of aromatic nitrogens is 2. The highest BCUT2D eigenvalue weighted by Crippen LogP contribution is 2.11.